The van der Waals surface area contributed by atoms with Crippen molar-refractivity contribution in [3.8, 4) is 0 Å². The van der Waals surface area contributed by atoms with E-state index in [9.17, 15) is 0 Å². The zero-order chi connectivity index (χ0) is 17.0. The average molecular weight is 318 g/mol. The number of aliphatic imine (C=N–C) groups is 1. The number of guanidine groups is 1. The van der Waals surface area contributed by atoms with E-state index in [1.165, 1.54) is 11.3 Å². The molecule has 7 nitrogen and oxygen atoms in total. The second-order valence-electron chi connectivity index (χ2n) is 5.62. The van der Waals surface area contributed by atoms with Crippen molar-refractivity contribution in [3.63, 3.8) is 0 Å². The Morgan fingerprint density at radius 1 is 1.17 bits per heavy atom. The van der Waals surface area contributed by atoms with Crippen LogP contribution in [-0.2, 0) is 20.0 Å². The van der Waals surface area contributed by atoms with Crippen LogP contribution in [0.25, 0.3) is 0 Å². The first kappa shape index (κ1) is 17.1. The number of aryl methyl sites for hydroxylation is 4. The van der Waals surface area contributed by atoms with Crippen LogP contribution in [0.3, 0.4) is 0 Å². The highest BCUT2D eigenvalue weighted by atomic mass is 16.4. The summed E-state index contributed by atoms with van der Waals surface area (Å²) >= 11 is 0. The molecule has 23 heavy (non-hydrogen) atoms. The van der Waals surface area contributed by atoms with Crippen LogP contribution in [0, 0.1) is 27.7 Å². The van der Waals surface area contributed by atoms with E-state index in [4.69, 9.17) is 4.42 Å². The molecule has 0 fully saturated rings. The van der Waals surface area contributed by atoms with E-state index >= 15 is 0 Å². The van der Waals surface area contributed by atoms with Gasteiger partial charge in [-0.05, 0) is 39.7 Å². The molecule has 0 atom stereocenters. The summed E-state index contributed by atoms with van der Waals surface area (Å²) in [4.78, 5) is 8.57. The van der Waals surface area contributed by atoms with E-state index in [0.717, 1.165) is 36.1 Å². The molecule has 2 rings (SSSR count). The van der Waals surface area contributed by atoms with Gasteiger partial charge in [0.1, 0.15) is 5.76 Å². The third-order valence-electron chi connectivity index (χ3n) is 4.03. The number of oxazole rings is 1. The van der Waals surface area contributed by atoms with Crippen LogP contribution in [0.4, 0.5) is 0 Å². The van der Waals surface area contributed by atoms with Crippen molar-refractivity contribution in [1.82, 2.24) is 25.4 Å². The Kier molecular flexibility index (Phi) is 5.41. The fourth-order valence-corrected chi connectivity index (χ4v) is 2.48. The number of rotatable bonds is 5. The molecule has 0 amide bonds. The molecule has 2 heterocycles. The minimum atomic E-state index is 0.513. The first-order chi connectivity index (χ1) is 10.9. The van der Waals surface area contributed by atoms with Gasteiger partial charge in [-0.25, -0.2) is 4.98 Å². The van der Waals surface area contributed by atoms with Crippen molar-refractivity contribution in [2.45, 2.75) is 40.7 Å². The molecule has 0 saturated heterocycles. The van der Waals surface area contributed by atoms with Crippen molar-refractivity contribution in [2.75, 3.05) is 13.6 Å². The second-order valence-corrected chi connectivity index (χ2v) is 5.62. The zero-order valence-electron chi connectivity index (χ0n) is 14.8. The average Bonchev–Trinajstić information content (AvgIpc) is 2.95. The Labute approximate surface area is 137 Å². The van der Waals surface area contributed by atoms with Gasteiger partial charge in [-0.15, -0.1) is 0 Å². The molecule has 7 heteroatoms. The number of nitrogens with zero attached hydrogens (tertiary/aromatic N) is 4. The van der Waals surface area contributed by atoms with Crippen LogP contribution >= 0.6 is 0 Å². The lowest BCUT2D eigenvalue weighted by molar-refractivity contribution is 0.464. The fourth-order valence-electron chi connectivity index (χ4n) is 2.48. The van der Waals surface area contributed by atoms with Crippen molar-refractivity contribution >= 4 is 5.96 Å². The molecule has 2 N–H and O–H groups in total. The maximum atomic E-state index is 5.55. The van der Waals surface area contributed by atoms with Crippen LogP contribution in [0.2, 0.25) is 0 Å². The van der Waals surface area contributed by atoms with Gasteiger partial charge in [0.2, 0.25) is 5.89 Å². The minimum Gasteiger partial charge on any atom is -0.444 e. The zero-order valence-corrected chi connectivity index (χ0v) is 14.8. The standard InChI is InChI=1S/C16H26N6O/c1-10-13(4)23-15(20-10)9-19-16(17-5)18-8-7-14-11(2)21-22(6)12(14)3/h7-9H2,1-6H3,(H2,17,18,19). The molecule has 0 saturated carbocycles. The Bertz CT molecular complexity index is 678. The summed E-state index contributed by atoms with van der Waals surface area (Å²) < 4.78 is 7.47. The van der Waals surface area contributed by atoms with Gasteiger partial charge in [0, 0.05) is 26.3 Å². The van der Waals surface area contributed by atoms with Crippen LogP contribution < -0.4 is 10.6 Å². The second kappa shape index (κ2) is 7.30. The smallest absolute Gasteiger partial charge is 0.214 e. The van der Waals surface area contributed by atoms with Gasteiger partial charge in [-0.1, -0.05) is 0 Å². The van der Waals surface area contributed by atoms with Crippen LogP contribution in [0.15, 0.2) is 9.41 Å². The highest BCUT2D eigenvalue weighted by molar-refractivity contribution is 5.79. The summed E-state index contributed by atoms with van der Waals surface area (Å²) in [7, 11) is 3.72. The number of hydrogen-bond acceptors (Lipinski definition) is 4. The molecule has 0 aromatic carbocycles. The SMILES string of the molecule is CN=C(NCCc1c(C)nn(C)c1C)NCc1nc(C)c(C)o1. The van der Waals surface area contributed by atoms with E-state index in [1.807, 2.05) is 32.5 Å². The minimum absolute atomic E-state index is 0.513. The van der Waals surface area contributed by atoms with Crippen LogP contribution in [0.1, 0.15) is 34.3 Å². The number of aromatic nitrogens is 3. The van der Waals surface area contributed by atoms with Crippen LogP contribution in [-0.4, -0.2) is 34.3 Å². The molecule has 0 bridgehead atoms. The largest absolute Gasteiger partial charge is 0.444 e. The van der Waals surface area contributed by atoms with Gasteiger partial charge in [0.05, 0.1) is 17.9 Å². The maximum absolute atomic E-state index is 5.55. The fraction of sp³-hybridized carbons (Fsp3) is 0.562. The normalized spacial score (nSPS) is 11.8. The highest BCUT2D eigenvalue weighted by Crippen LogP contribution is 2.11. The van der Waals surface area contributed by atoms with Gasteiger partial charge in [-0.2, -0.15) is 5.10 Å². The Morgan fingerprint density at radius 2 is 1.91 bits per heavy atom. The van der Waals surface area contributed by atoms with E-state index in [2.05, 4.69) is 32.6 Å². The first-order valence-electron chi connectivity index (χ1n) is 7.78. The molecule has 0 spiro atoms. The maximum Gasteiger partial charge on any atom is 0.214 e. The monoisotopic (exact) mass is 318 g/mol. The van der Waals surface area contributed by atoms with Crippen molar-refractivity contribution in [1.29, 1.82) is 0 Å². The lowest BCUT2D eigenvalue weighted by Gasteiger charge is -2.10. The first-order valence-corrected chi connectivity index (χ1v) is 7.78. The molecular formula is C16H26N6O. The third-order valence-corrected chi connectivity index (χ3v) is 4.03. The summed E-state index contributed by atoms with van der Waals surface area (Å²) in [5.41, 5.74) is 4.50. The van der Waals surface area contributed by atoms with E-state index < -0.39 is 0 Å². The number of hydrogen-bond donors (Lipinski definition) is 2. The Hall–Kier alpha value is -2.31. The van der Waals surface area contributed by atoms with Crippen LogP contribution in [0.5, 0.6) is 0 Å². The van der Waals surface area contributed by atoms with E-state index in [1.54, 1.807) is 7.05 Å². The quantitative estimate of drug-likeness (QED) is 0.646. The molecule has 0 radical (unpaired) electrons. The van der Waals surface area contributed by atoms with Crippen molar-refractivity contribution in [2.24, 2.45) is 12.0 Å². The van der Waals surface area contributed by atoms with E-state index in [0.29, 0.717) is 12.4 Å². The molecule has 0 aliphatic heterocycles. The molecule has 0 aliphatic rings. The molecule has 2 aromatic heterocycles. The third kappa shape index (κ3) is 4.12. The summed E-state index contributed by atoms with van der Waals surface area (Å²) in [5.74, 6) is 2.26. The van der Waals surface area contributed by atoms with Gasteiger partial charge >= 0.3 is 0 Å². The molecule has 126 valence electrons. The van der Waals surface area contributed by atoms with Gasteiger partial charge < -0.3 is 15.1 Å². The topological polar surface area (TPSA) is 80.3 Å². The summed E-state index contributed by atoms with van der Waals surface area (Å²) in [5, 5.41) is 11.0. The Balaban J connectivity index is 1.83. The summed E-state index contributed by atoms with van der Waals surface area (Å²) in [6.07, 6.45) is 0.906. The van der Waals surface area contributed by atoms with Gasteiger partial charge in [-0.3, -0.25) is 9.67 Å². The van der Waals surface area contributed by atoms with Gasteiger partial charge in [0.15, 0.2) is 5.96 Å². The lowest BCUT2D eigenvalue weighted by atomic mass is 10.1. The van der Waals surface area contributed by atoms with E-state index in [-0.39, 0.29) is 0 Å². The highest BCUT2D eigenvalue weighted by Gasteiger charge is 2.10. The molecule has 0 aliphatic carbocycles. The predicted molar refractivity (Wildman–Crippen MR) is 90.6 cm³/mol. The van der Waals surface area contributed by atoms with Crippen molar-refractivity contribution in [3.05, 3.63) is 34.3 Å². The molecule has 0 unspecified atom stereocenters. The number of nitrogens with one attached hydrogen (secondary N) is 2. The molecule has 2 aromatic rings. The predicted octanol–water partition coefficient (Wildman–Crippen LogP) is 1.55. The lowest BCUT2D eigenvalue weighted by Crippen LogP contribution is -2.38. The Morgan fingerprint density at radius 3 is 2.43 bits per heavy atom. The summed E-state index contributed by atoms with van der Waals surface area (Å²) in [6.45, 7) is 9.29. The summed E-state index contributed by atoms with van der Waals surface area (Å²) in [6, 6.07) is 0. The van der Waals surface area contributed by atoms with Crippen molar-refractivity contribution < 1.29 is 4.42 Å². The van der Waals surface area contributed by atoms with Gasteiger partial charge in [0.25, 0.3) is 0 Å². The molecular weight excluding hydrogens is 292 g/mol.